The van der Waals surface area contributed by atoms with Crippen LogP contribution in [0.3, 0.4) is 0 Å². The molecule has 1 N–H and O–H groups in total. The molecule has 0 aromatic heterocycles. The molecule has 0 radical (unpaired) electrons. The lowest BCUT2D eigenvalue weighted by atomic mass is 10.1. The third-order valence-electron chi connectivity index (χ3n) is 4.54. The molecule has 1 amide bonds. The molecule has 7 nitrogen and oxygen atoms in total. The molecule has 8 heteroatoms. The highest BCUT2D eigenvalue weighted by Gasteiger charge is 2.39. The van der Waals surface area contributed by atoms with Crippen molar-refractivity contribution in [2.24, 2.45) is 0 Å². The second kappa shape index (κ2) is 6.70. The molecule has 3 rings (SSSR count). The number of benzene rings is 1. The molecule has 0 aliphatic carbocycles. The van der Waals surface area contributed by atoms with E-state index < -0.39 is 16.1 Å². The number of hydrogen-bond acceptors (Lipinski definition) is 5. The molecule has 0 unspecified atom stereocenters. The molecule has 0 saturated carbocycles. The Hall–Kier alpha value is -1.64. The van der Waals surface area contributed by atoms with Crippen molar-refractivity contribution in [3.05, 3.63) is 23.8 Å². The van der Waals surface area contributed by atoms with Crippen LogP contribution in [-0.4, -0.2) is 68.9 Å². The molecule has 2 heterocycles. The monoisotopic (exact) mass is 353 g/mol. The van der Waals surface area contributed by atoms with Crippen molar-refractivity contribution < 1.29 is 17.9 Å². The fraction of sp³-hybridized carbons (Fsp3) is 0.562. The first-order chi connectivity index (χ1) is 11.4. The van der Waals surface area contributed by atoms with Crippen molar-refractivity contribution in [1.29, 1.82) is 0 Å². The third-order valence-corrected chi connectivity index (χ3v) is 6.40. The average molecular weight is 353 g/mol. The summed E-state index contributed by atoms with van der Waals surface area (Å²) in [4.78, 5) is 14.3. The molecule has 1 aromatic carbocycles. The highest BCUT2D eigenvalue weighted by molar-refractivity contribution is 7.89. The largest absolute Gasteiger partial charge is 0.494 e. The maximum atomic E-state index is 12.9. The topological polar surface area (TPSA) is 79.0 Å². The molecule has 24 heavy (non-hydrogen) atoms. The summed E-state index contributed by atoms with van der Waals surface area (Å²) < 4.78 is 32.7. The van der Waals surface area contributed by atoms with Crippen molar-refractivity contribution >= 4 is 15.9 Å². The van der Waals surface area contributed by atoms with Crippen molar-refractivity contribution in [1.82, 2.24) is 14.5 Å². The molecule has 0 spiro atoms. The van der Waals surface area contributed by atoms with Gasteiger partial charge in [0.2, 0.25) is 15.9 Å². The SMILES string of the molecule is CCOc1ccc(S(=O)(=O)N2CCN3CCNC(=O)[C@@H]3C2)cc1C. The number of hydrogen-bond donors (Lipinski definition) is 1. The summed E-state index contributed by atoms with van der Waals surface area (Å²) in [5.41, 5.74) is 0.784. The molecular weight excluding hydrogens is 330 g/mol. The number of rotatable bonds is 4. The van der Waals surface area contributed by atoms with E-state index in [-0.39, 0.29) is 17.3 Å². The molecule has 1 aromatic rings. The Morgan fingerprint density at radius 1 is 1.29 bits per heavy atom. The summed E-state index contributed by atoms with van der Waals surface area (Å²) in [7, 11) is -3.62. The summed E-state index contributed by atoms with van der Waals surface area (Å²) in [5.74, 6) is 0.594. The van der Waals surface area contributed by atoms with Crippen LogP contribution < -0.4 is 10.1 Å². The third kappa shape index (κ3) is 3.13. The number of carbonyl (C=O) groups is 1. The van der Waals surface area contributed by atoms with Gasteiger partial charge in [0.05, 0.1) is 11.5 Å². The number of nitrogens with one attached hydrogen (secondary N) is 1. The van der Waals surface area contributed by atoms with Crippen LogP contribution in [-0.2, 0) is 14.8 Å². The van der Waals surface area contributed by atoms with Gasteiger partial charge in [0.1, 0.15) is 11.8 Å². The molecule has 2 fully saturated rings. The standard InChI is InChI=1S/C16H23N3O4S/c1-3-23-15-5-4-13(10-12(15)2)24(21,22)19-9-8-18-7-6-17-16(20)14(18)11-19/h4-5,10,14H,3,6-9,11H2,1-2H3,(H,17,20)/t14-/m0/s1. The first-order valence-electron chi connectivity index (χ1n) is 8.19. The summed E-state index contributed by atoms with van der Waals surface area (Å²) in [6.07, 6.45) is 0. The lowest BCUT2D eigenvalue weighted by molar-refractivity contribution is -0.130. The second-order valence-corrected chi connectivity index (χ2v) is 8.00. The fourth-order valence-electron chi connectivity index (χ4n) is 3.22. The number of sulfonamides is 1. The van der Waals surface area contributed by atoms with Crippen LogP contribution in [0.4, 0.5) is 0 Å². The molecule has 2 aliphatic heterocycles. The number of carbonyl (C=O) groups excluding carboxylic acids is 1. The van der Waals surface area contributed by atoms with E-state index in [0.29, 0.717) is 32.0 Å². The summed E-state index contributed by atoms with van der Waals surface area (Å²) in [5, 5.41) is 2.80. The number of amides is 1. The van der Waals surface area contributed by atoms with Crippen molar-refractivity contribution in [2.45, 2.75) is 24.8 Å². The predicted octanol–water partition coefficient (Wildman–Crippen LogP) is 0.198. The second-order valence-electron chi connectivity index (χ2n) is 6.07. The number of ether oxygens (including phenoxy) is 1. The van der Waals surface area contributed by atoms with Crippen molar-refractivity contribution in [3.63, 3.8) is 0 Å². The smallest absolute Gasteiger partial charge is 0.243 e. The first-order valence-corrected chi connectivity index (χ1v) is 9.63. The van der Waals surface area contributed by atoms with Gasteiger partial charge in [-0.05, 0) is 37.6 Å². The molecule has 1 atom stereocenters. The Bertz CT molecular complexity index is 735. The predicted molar refractivity (Wildman–Crippen MR) is 89.5 cm³/mol. The zero-order valence-electron chi connectivity index (χ0n) is 14.0. The van der Waals surface area contributed by atoms with E-state index in [4.69, 9.17) is 4.74 Å². The summed E-state index contributed by atoms with van der Waals surface area (Å²) in [6, 6.07) is 4.50. The highest BCUT2D eigenvalue weighted by atomic mass is 32.2. The minimum absolute atomic E-state index is 0.0935. The zero-order chi connectivity index (χ0) is 17.3. The van der Waals surface area contributed by atoms with Gasteiger partial charge in [0, 0.05) is 32.7 Å². The average Bonchev–Trinajstić information content (AvgIpc) is 2.57. The minimum Gasteiger partial charge on any atom is -0.494 e. The first kappa shape index (κ1) is 17.2. The van der Waals surface area contributed by atoms with Crippen LogP contribution in [0.5, 0.6) is 5.75 Å². The molecule has 0 bridgehead atoms. The van der Waals surface area contributed by atoms with Gasteiger partial charge >= 0.3 is 0 Å². The lowest BCUT2D eigenvalue weighted by Gasteiger charge is -2.42. The highest BCUT2D eigenvalue weighted by Crippen LogP contribution is 2.26. The van der Waals surface area contributed by atoms with Crippen LogP contribution in [0.15, 0.2) is 23.1 Å². The summed E-state index contributed by atoms with van der Waals surface area (Å²) >= 11 is 0. The molecule has 2 saturated heterocycles. The van der Waals surface area contributed by atoms with Crippen molar-refractivity contribution in [3.8, 4) is 5.75 Å². The van der Waals surface area contributed by atoms with E-state index in [0.717, 1.165) is 12.1 Å². The Morgan fingerprint density at radius 3 is 2.79 bits per heavy atom. The summed E-state index contributed by atoms with van der Waals surface area (Å²) in [6.45, 7) is 6.82. The van der Waals surface area contributed by atoms with Gasteiger partial charge in [-0.3, -0.25) is 9.69 Å². The van der Waals surface area contributed by atoms with Gasteiger partial charge in [-0.25, -0.2) is 8.42 Å². The maximum absolute atomic E-state index is 12.9. The van der Waals surface area contributed by atoms with Gasteiger partial charge in [0.15, 0.2) is 0 Å². The van der Waals surface area contributed by atoms with Gasteiger partial charge in [-0.15, -0.1) is 0 Å². The van der Waals surface area contributed by atoms with Crippen LogP contribution in [0.2, 0.25) is 0 Å². The normalized spacial score (nSPS) is 22.8. The number of piperazine rings is 2. The van der Waals surface area contributed by atoms with E-state index >= 15 is 0 Å². The van der Waals surface area contributed by atoms with E-state index in [1.54, 1.807) is 18.2 Å². The van der Waals surface area contributed by atoms with Gasteiger partial charge in [0.25, 0.3) is 0 Å². The van der Waals surface area contributed by atoms with Crippen molar-refractivity contribution in [2.75, 3.05) is 39.3 Å². The van der Waals surface area contributed by atoms with Crippen LogP contribution in [0.1, 0.15) is 12.5 Å². The quantitative estimate of drug-likeness (QED) is 0.836. The molecule has 2 aliphatic rings. The van der Waals surface area contributed by atoms with E-state index in [1.807, 2.05) is 18.7 Å². The zero-order valence-corrected chi connectivity index (χ0v) is 14.8. The van der Waals surface area contributed by atoms with Crippen LogP contribution in [0.25, 0.3) is 0 Å². The molecular formula is C16H23N3O4S. The Kier molecular flexibility index (Phi) is 4.80. The lowest BCUT2D eigenvalue weighted by Crippen LogP contribution is -2.64. The van der Waals surface area contributed by atoms with E-state index in [2.05, 4.69) is 5.32 Å². The number of nitrogens with zero attached hydrogens (tertiary/aromatic N) is 2. The fourth-order valence-corrected chi connectivity index (χ4v) is 4.74. The van der Waals surface area contributed by atoms with Gasteiger partial charge in [-0.1, -0.05) is 0 Å². The minimum atomic E-state index is -3.62. The molecule has 132 valence electrons. The van der Waals surface area contributed by atoms with Gasteiger partial charge in [-0.2, -0.15) is 4.31 Å². The Balaban J connectivity index is 1.83. The Morgan fingerprint density at radius 2 is 2.08 bits per heavy atom. The Labute approximate surface area is 142 Å². The number of aryl methyl sites for hydroxylation is 1. The van der Waals surface area contributed by atoms with E-state index in [1.165, 1.54) is 4.31 Å². The van der Waals surface area contributed by atoms with Crippen LogP contribution >= 0.6 is 0 Å². The maximum Gasteiger partial charge on any atom is 0.243 e. The van der Waals surface area contributed by atoms with Crippen LogP contribution in [0, 0.1) is 6.92 Å². The van der Waals surface area contributed by atoms with Gasteiger partial charge < -0.3 is 10.1 Å². The number of fused-ring (bicyclic) bond motifs is 1. The van der Waals surface area contributed by atoms with E-state index in [9.17, 15) is 13.2 Å².